The van der Waals surface area contributed by atoms with Gasteiger partial charge in [-0.05, 0) is 44.4 Å². The van der Waals surface area contributed by atoms with Gasteiger partial charge in [-0.15, -0.1) is 0 Å². The lowest BCUT2D eigenvalue weighted by Gasteiger charge is -2.37. The molecule has 1 saturated heterocycles. The van der Waals surface area contributed by atoms with Crippen LogP contribution in [0.4, 0.5) is 10.1 Å². The van der Waals surface area contributed by atoms with Crippen molar-refractivity contribution in [2.45, 2.75) is 6.54 Å². The molecule has 3 N–H and O–H groups in total. The van der Waals surface area contributed by atoms with Gasteiger partial charge in [0, 0.05) is 50.2 Å². The number of nitriles is 1. The maximum Gasteiger partial charge on any atom is 0.271 e. The van der Waals surface area contributed by atoms with Crippen LogP contribution in [0.1, 0.15) is 15.9 Å². The summed E-state index contributed by atoms with van der Waals surface area (Å²) in [6.45, 7) is 3.04. The zero-order valence-electron chi connectivity index (χ0n) is 19.5. The Morgan fingerprint density at radius 3 is 2.32 bits per heavy atom. The van der Waals surface area contributed by atoms with Crippen LogP contribution in [-0.4, -0.2) is 67.1 Å². The molecule has 9 heteroatoms. The molecule has 8 nitrogen and oxygen atoms in total. The van der Waals surface area contributed by atoms with Crippen molar-refractivity contribution in [1.29, 1.82) is 5.26 Å². The third kappa shape index (κ3) is 4.78. The SMILES string of the molecule is CN(C)CCn1c(=O)c(C#N)c(N2CCN(C(=O)c3ccc(F)cc3)CC2)c2ccccc21.N. The quantitative estimate of drug-likeness (QED) is 0.622. The van der Waals surface area contributed by atoms with Gasteiger partial charge in [0.1, 0.15) is 17.4 Å². The first-order valence-corrected chi connectivity index (χ1v) is 10.9. The van der Waals surface area contributed by atoms with Gasteiger partial charge >= 0.3 is 0 Å². The van der Waals surface area contributed by atoms with Crippen LogP contribution in [0.2, 0.25) is 0 Å². The van der Waals surface area contributed by atoms with Crippen LogP contribution in [0.3, 0.4) is 0 Å². The Labute approximate surface area is 198 Å². The molecule has 2 heterocycles. The van der Waals surface area contributed by atoms with Crippen LogP contribution in [-0.2, 0) is 6.54 Å². The lowest BCUT2D eigenvalue weighted by atomic mass is 10.1. The molecule has 0 spiro atoms. The minimum atomic E-state index is -0.382. The Balaban J connectivity index is 0.00000324. The second kappa shape index (κ2) is 10.5. The van der Waals surface area contributed by atoms with Gasteiger partial charge in [0.25, 0.3) is 11.5 Å². The van der Waals surface area contributed by atoms with E-state index < -0.39 is 0 Å². The Bertz CT molecular complexity index is 1270. The summed E-state index contributed by atoms with van der Waals surface area (Å²) in [5, 5.41) is 10.8. The predicted molar refractivity (Wildman–Crippen MR) is 131 cm³/mol. The Hall–Kier alpha value is -3.74. The number of piperazine rings is 1. The van der Waals surface area contributed by atoms with E-state index in [4.69, 9.17) is 0 Å². The molecule has 0 atom stereocenters. The summed E-state index contributed by atoms with van der Waals surface area (Å²) < 4.78 is 14.9. The van der Waals surface area contributed by atoms with Gasteiger partial charge in [-0.3, -0.25) is 9.59 Å². The summed E-state index contributed by atoms with van der Waals surface area (Å²) in [6, 6.07) is 15.3. The standard InChI is InChI=1S/C25H26FN5O2.H3N/c1-28(2)11-16-31-22-6-4-3-5-20(22)23(21(17-27)25(31)33)29-12-14-30(15-13-29)24(32)18-7-9-19(26)10-8-18;/h3-10H,11-16H2,1-2H3;1H3. The highest BCUT2D eigenvalue weighted by molar-refractivity contribution is 5.96. The fourth-order valence-corrected chi connectivity index (χ4v) is 4.25. The summed E-state index contributed by atoms with van der Waals surface area (Å²) in [6.07, 6.45) is 0. The minimum absolute atomic E-state index is 0. The van der Waals surface area contributed by atoms with Gasteiger partial charge in [-0.1, -0.05) is 18.2 Å². The van der Waals surface area contributed by atoms with E-state index in [0.29, 0.717) is 50.5 Å². The molecule has 4 rings (SSSR count). The molecule has 1 aliphatic rings. The number of carbonyl (C=O) groups is 1. The number of rotatable bonds is 5. The minimum Gasteiger partial charge on any atom is -0.366 e. The zero-order valence-corrected chi connectivity index (χ0v) is 19.5. The summed E-state index contributed by atoms with van der Waals surface area (Å²) in [4.78, 5) is 31.8. The molecule has 0 aliphatic carbocycles. The fourth-order valence-electron chi connectivity index (χ4n) is 4.25. The number of aromatic nitrogens is 1. The highest BCUT2D eigenvalue weighted by Gasteiger charge is 2.27. The van der Waals surface area contributed by atoms with E-state index in [0.717, 1.165) is 10.9 Å². The second-order valence-corrected chi connectivity index (χ2v) is 8.40. The van der Waals surface area contributed by atoms with E-state index in [-0.39, 0.29) is 29.0 Å². The largest absolute Gasteiger partial charge is 0.366 e. The molecule has 0 saturated carbocycles. The Kier molecular flexibility index (Phi) is 7.66. The van der Waals surface area contributed by atoms with E-state index in [1.165, 1.54) is 24.3 Å². The molecule has 178 valence electrons. The molecule has 1 aromatic heterocycles. The molecule has 0 radical (unpaired) electrons. The highest BCUT2D eigenvalue weighted by Crippen LogP contribution is 2.29. The number of benzene rings is 2. The van der Waals surface area contributed by atoms with Crippen molar-refractivity contribution in [1.82, 2.24) is 20.5 Å². The molecule has 34 heavy (non-hydrogen) atoms. The van der Waals surface area contributed by atoms with Crippen molar-refractivity contribution in [3.05, 3.63) is 75.8 Å². The molecule has 1 fully saturated rings. The number of halogens is 1. The predicted octanol–water partition coefficient (Wildman–Crippen LogP) is 2.70. The number of fused-ring (bicyclic) bond motifs is 1. The number of likely N-dealkylation sites (N-methyl/N-ethyl adjacent to an activating group) is 1. The van der Waals surface area contributed by atoms with Gasteiger partial charge in [0.05, 0.1) is 11.2 Å². The average Bonchev–Trinajstić information content (AvgIpc) is 2.83. The van der Waals surface area contributed by atoms with Crippen molar-refractivity contribution in [3.8, 4) is 6.07 Å². The average molecular weight is 465 g/mol. The molecule has 1 aliphatic heterocycles. The monoisotopic (exact) mass is 464 g/mol. The van der Waals surface area contributed by atoms with E-state index in [2.05, 4.69) is 6.07 Å². The van der Waals surface area contributed by atoms with Crippen molar-refractivity contribution < 1.29 is 9.18 Å². The second-order valence-electron chi connectivity index (χ2n) is 8.40. The number of hydrogen-bond acceptors (Lipinski definition) is 6. The number of nitrogens with zero attached hydrogens (tertiary/aromatic N) is 5. The first-order valence-electron chi connectivity index (χ1n) is 10.9. The van der Waals surface area contributed by atoms with E-state index >= 15 is 0 Å². The van der Waals surface area contributed by atoms with Crippen LogP contribution >= 0.6 is 0 Å². The highest BCUT2D eigenvalue weighted by atomic mass is 19.1. The van der Waals surface area contributed by atoms with Gasteiger partial charge in [-0.25, -0.2) is 4.39 Å². The number of pyridine rings is 1. The number of hydrogen-bond donors (Lipinski definition) is 1. The lowest BCUT2D eigenvalue weighted by molar-refractivity contribution is 0.0747. The topological polar surface area (TPSA) is 108 Å². The lowest BCUT2D eigenvalue weighted by Crippen LogP contribution is -2.49. The normalized spacial score (nSPS) is 13.6. The van der Waals surface area contributed by atoms with Crippen LogP contribution in [0.15, 0.2) is 53.3 Å². The first-order chi connectivity index (χ1) is 15.9. The summed E-state index contributed by atoms with van der Waals surface area (Å²) in [5.41, 5.74) is 1.70. The number of carbonyl (C=O) groups excluding carboxylic acids is 1. The van der Waals surface area contributed by atoms with Crippen molar-refractivity contribution in [3.63, 3.8) is 0 Å². The molecule has 3 aromatic rings. The maximum absolute atomic E-state index is 13.3. The molecule has 2 aromatic carbocycles. The number of amides is 1. The molecule has 1 amide bonds. The Morgan fingerprint density at radius 2 is 1.71 bits per heavy atom. The maximum atomic E-state index is 13.3. The van der Waals surface area contributed by atoms with Crippen molar-refractivity contribution >= 4 is 22.5 Å². The summed E-state index contributed by atoms with van der Waals surface area (Å²) in [5.74, 6) is -0.535. The van der Waals surface area contributed by atoms with E-state index in [9.17, 15) is 19.2 Å². The molecule has 0 unspecified atom stereocenters. The molecule has 0 bridgehead atoms. The van der Waals surface area contributed by atoms with E-state index in [1.54, 1.807) is 9.47 Å². The van der Waals surface area contributed by atoms with Crippen LogP contribution in [0.5, 0.6) is 0 Å². The third-order valence-corrected chi connectivity index (χ3v) is 6.00. The van der Waals surface area contributed by atoms with Crippen molar-refractivity contribution in [2.24, 2.45) is 0 Å². The van der Waals surface area contributed by atoms with Crippen LogP contribution < -0.4 is 16.6 Å². The Morgan fingerprint density at radius 1 is 1.06 bits per heavy atom. The van der Waals surface area contributed by atoms with Crippen molar-refractivity contribution in [2.75, 3.05) is 51.7 Å². The van der Waals surface area contributed by atoms with Gasteiger partial charge in [-0.2, -0.15) is 5.26 Å². The van der Waals surface area contributed by atoms with Gasteiger partial charge in [0.15, 0.2) is 0 Å². The van der Waals surface area contributed by atoms with Gasteiger partial charge < -0.3 is 25.4 Å². The zero-order chi connectivity index (χ0) is 23.5. The smallest absolute Gasteiger partial charge is 0.271 e. The van der Waals surface area contributed by atoms with Crippen LogP contribution in [0, 0.1) is 17.1 Å². The molecular weight excluding hydrogens is 435 g/mol. The van der Waals surface area contributed by atoms with Crippen LogP contribution in [0.25, 0.3) is 10.9 Å². The first kappa shape index (κ1) is 24.9. The summed E-state index contributed by atoms with van der Waals surface area (Å²) in [7, 11) is 3.89. The number of anilines is 1. The van der Waals surface area contributed by atoms with E-state index in [1.807, 2.05) is 48.2 Å². The van der Waals surface area contributed by atoms with Gasteiger partial charge in [0.2, 0.25) is 0 Å². The number of para-hydroxylation sites is 1. The third-order valence-electron chi connectivity index (χ3n) is 6.00. The summed E-state index contributed by atoms with van der Waals surface area (Å²) >= 11 is 0. The fraction of sp³-hybridized carbons (Fsp3) is 0.320. The molecular formula is C25H29FN6O2.